The van der Waals surface area contributed by atoms with Crippen LogP contribution in [0.15, 0.2) is 33.9 Å². The summed E-state index contributed by atoms with van der Waals surface area (Å²) < 4.78 is 10.1. The number of hydrogen-bond donors (Lipinski definition) is 1. The number of aryl methyl sites for hydroxylation is 2. The van der Waals surface area contributed by atoms with Crippen LogP contribution < -0.4 is 21.5 Å². The van der Waals surface area contributed by atoms with Gasteiger partial charge in [0, 0.05) is 53.4 Å². The number of imidazole rings is 1. The molecule has 37 heavy (non-hydrogen) atoms. The van der Waals surface area contributed by atoms with Crippen LogP contribution in [-0.4, -0.2) is 74.1 Å². The molecule has 0 radical (unpaired) electrons. The number of nitrogens with one attached hydrogen (secondary N) is 1. The molecule has 0 atom stereocenters. The highest BCUT2D eigenvalue weighted by molar-refractivity contribution is 7.80. The first-order valence-corrected chi connectivity index (χ1v) is 13.2. The summed E-state index contributed by atoms with van der Waals surface area (Å²) in [5.41, 5.74) is 2.35. The topological polar surface area (TPSA) is 89.6 Å². The fourth-order valence-corrected chi connectivity index (χ4v) is 4.79. The van der Waals surface area contributed by atoms with Crippen LogP contribution in [0.5, 0.6) is 0 Å². The minimum Gasteiger partial charge on any atom is -0.379 e. The second kappa shape index (κ2) is 11.5. The molecule has 0 spiro atoms. The average molecular weight is 528 g/mol. The quantitative estimate of drug-likeness (QED) is 0.349. The van der Waals surface area contributed by atoms with Crippen molar-refractivity contribution in [2.75, 3.05) is 44.2 Å². The van der Waals surface area contributed by atoms with Gasteiger partial charge < -0.3 is 19.9 Å². The Balaban J connectivity index is 1.55. The number of nitrogens with zero attached hydrogens (tertiary/aromatic N) is 6. The normalized spacial score (nSPS) is 14.1. The predicted octanol–water partition coefficient (Wildman–Crippen LogP) is 1.60. The van der Waals surface area contributed by atoms with Gasteiger partial charge in [0.15, 0.2) is 16.3 Å². The molecule has 0 saturated carbocycles. The minimum absolute atomic E-state index is 0.234. The molecule has 3 heterocycles. The van der Waals surface area contributed by atoms with Crippen LogP contribution in [-0.2, 0) is 25.4 Å². The molecule has 1 fully saturated rings. The van der Waals surface area contributed by atoms with Gasteiger partial charge in [0.05, 0.1) is 12.6 Å². The summed E-state index contributed by atoms with van der Waals surface area (Å²) in [6.07, 6.45) is 1.13. The molecule has 0 bridgehead atoms. The molecular formula is C26H37N7O3S. The Morgan fingerprint density at radius 1 is 1.08 bits per heavy atom. The number of anilines is 1. The van der Waals surface area contributed by atoms with E-state index in [4.69, 9.17) is 21.9 Å². The van der Waals surface area contributed by atoms with Crippen molar-refractivity contribution in [3.8, 4) is 0 Å². The average Bonchev–Trinajstić information content (AvgIpc) is 3.26. The van der Waals surface area contributed by atoms with E-state index >= 15 is 0 Å². The van der Waals surface area contributed by atoms with Crippen molar-refractivity contribution in [2.45, 2.75) is 39.8 Å². The Labute approximate surface area is 222 Å². The van der Waals surface area contributed by atoms with Gasteiger partial charge in [-0.05, 0) is 45.0 Å². The van der Waals surface area contributed by atoms with Crippen molar-refractivity contribution in [1.82, 2.24) is 28.9 Å². The third-order valence-electron chi connectivity index (χ3n) is 6.69. The molecule has 1 saturated heterocycles. The van der Waals surface area contributed by atoms with Gasteiger partial charge in [-0.15, -0.1) is 0 Å². The van der Waals surface area contributed by atoms with E-state index in [0.717, 1.165) is 41.3 Å². The lowest BCUT2D eigenvalue weighted by Gasteiger charge is -2.36. The molecule has 1 aromatic carbocycles. The van der Waals surface area contributed by atoms with Gasteiger partial charge in [-0.3, -0.25) is 18.5 Å². The number of aromatic nitrogens is 4. The summed E-state index contributed by atoms with van der Waals surface area (Å²) >= 11 is 5.62. The SMILES string of the molecule is Cc1ccc(Cn2c(N3CCN(C(=S)NCCCOC(C)C)CC3)nc3c2c(=O)n(C)c(=O)n3C)cc1. The molecule has 1 aliphatic rings. The van der Waals surface area contributed by atoms with Crippen molar-refractivity contribution >= 4 is 34.4 Å². The number of thiocarbonyl (C=S) groups is 1. The predicted molar refractivity (Wildman–Crippen MR) is 151 cm³/mol. The lowest BCUT2D eigenvalue weighted by molar-refractivity contribution is 0.0776. The minimum atomic E-state index is -0.385. The molecule has 2 aromatic heterocycles. The molecule has 0 amide bonds. The number of benzene rings is 1. The molecule has 1 aliphatic heterocycles. The van der Waals surface area contributed by atoms with Gasteiger partial charge in [-0.2, -0.15) is 4.98 Å². The molecule has 4 rings (SSSR count). The highest BCUT2D eigenvalue weighted by Gasteiger charge is 2.26. The smallest absolute Gasteiger partial charge is 0.332 e. The second-order valence-electron chi connectivity index (χ2n) is 9.84. The van der Waals surface area contributed by atoms with E-state index in [1.807, 2.05) is 25.3 Å². The molecule has 10 nitrogen and oxygen atoms in total. The summed E-state index contributed by atoms with van der Waals surface area (Å²) in [5.74, 6) is 0.693. The fraction of sp³-hybridized carbons (Fsp3) is 0.538. The first-order chi connectivity index (χ1) is 17.7. The standard InChI is InChI=1S/C26H37N7O3S/c1-18(2)36-16-6-11-27-25(37)32-14-12-31(13-15-32)24-28-22-21(23(34)30(5)26(35)29(22)4)33(24)17-20-9-7-19(3)8-10-20/h7-10,18H,6,11-17H2,1-5H3,(H,27,37). The van der Waals surface area contributed by atoms with Crippen LogP contribution >= 0.6 is 12.2 Å². The molecular weight excluding hydrogens is 490 g/mol. The monoisotopic (exact) mass is 527 g/mol. The summed E-state index contributed by atoms with van der Waals surface area (Å²) in [7, 11) is 3.17. The van der Waals surface area contributed by atoms with E-state index < -0.39 is 0 Å². The van der Waals surface area contributed by atoms with Crippen LogP contribution in [0.4, 0.5) is 5.95 Å². The second-order valence-corrected chi connectivity index (χ2v) is 10.2. The number of piperazine rings is 1. The zero-order valence-corrected chi connectivity index (χ0v) is 23.2. The maximum Gasteiger partial charge on any atom is 0.332 e. The highest BCUT2D eigenvalue weighted by atomic mass is 32.1. The van der Waals surface area contributed by atoms with Gasteiger partial charge in [0.25, 0.3) is 5.56 Å². The van der Waals surface area contributed by atoms with Gasteiger partial charge in [0.2, 0.25) is 5.95 Å². The summed E-state index contributed by atoms with van der Waals surface area (Å²) in [5, 5.41) is 4.08. The van der Waals surface area contributed by atoms with E-state index in [1.54, 1.807) is 7.05 Å². The lowest BCUT2D eigenvalue weighted by Crippen LogP contribution is -2.52. The van der Waals surface area contributed by atoms with E-state index in [-0.39, 0.29) is 17.4 Å². The molecule has 0 unspecified atom stereocenters. The largest absolute Gasteiger partial charge is 0.379 e. The maximum absolute atomic E-state index is 13.2. The Kier molecular flexibility index (Phi) is 8.33. The first-order valence-electron chi connectivity index (χ1n) is 12.8. The molecule has 0 aliphatic carbocycles. The van der Waals surface area contributed by atoms with Crippen molar-refractivity contribution in [3.05, 3.63) is 56.2 Å². The lowest BCUT2D eigenvalue weighted by atomic mass is 10.1. The summed E-state index contributed by atoms with van der Waals surface area (Å²) in [4.78, 5) is 35.0. The van der Waals surface area contributed by atoms with Gasteiger partial charge in [-0.25, -0.2) is 4.79 Å². The van der Waals surface area contributed by atoms with Gasteiger partial charge in [-0.1, -0.05) is 29.8 Å². The number of rotatable bonds is 8. The van der Waals surface area contributed by atoms with Crippen molar-refractivity contribution in [2.24, 2.45) is 14.1 Å². The molecule has 3 aromatic rings. The molecule has 1 N–H and O–H groups in total. The van der Waals surface area contributed by atoms with Crippen molar-refractivity contribution in [3.63, 3.8) is 0 Å². The fourth-order valence-electron chi connectivity index (χ4n) is 4.51. The Bertz CT molecular complexity index is 1370. The van der Waals surface area contributed by atoms with E-state index in [0.29, 0.717) is 43.4 Å². The number of ether oxygens (including phenoxy) is 1. The number of fused-ring (bicyclic) bond motifs is 1. The van der Waals surface area contributed by atoms with Gasteiger partial charge >= 0.3 is 5.69 Å². The van der Waals surface area contributed by atoms with Crippen LogP contribution in [0.2, 0.25) is 0 Å². The van der Waals surface area contributed by atoms with Gasteiger partial charge in [0.1, 0.15) is 0 Å². The zero-order valence-electron chi connectivity index (χ0n) is 22.4. The highest BCUT2D eigenvalue weighted by Crippen LogP contribution is 2.23. The Morgan fingerprint density at radius 2 is 1.76 bits per heavy atom. The van der Waals surface area contributed by atoms with Crippen LogP contribution in [0, 0.1) is 6.92 Å². The van der Waals surface area contributed by atoms with E-state index in [1.165, 1.54) is 17.2 Å². The number of hydrogen-bond acceptors (Lipinski definition) is 6. The Hall–Kier alpha value is -3.18. The molecule has 200 valence electrons. The van der Waals surface area contributed by atoms with E-state index in [9.17, 15) is 9.59 Å². The zero-order chi connectivity index (χ0) is 26.7. The maximum atomic E-state index is 13.2. The van der Waals surface area contributed by atoms with Crippen LogP contribution in [0.1, 0.15) is 31.4 Å². The molecule has 11 heteroatoms. The van der Waals surface area contributed by atoms with Crippen LogP contribution in [0.25, 0.3) is 11.2 Å². The first kappa shape index (κ1) is 26.9. The van der Waals surface area contributed by atoms with Crippen molar-refractivity contribution < 1.29 is 4.74 Å². The summed E-state index contributed by atoms with van der Waals surface area (Å²) in [6.45, 7) is 10.9. The third kappa shape index (κ3) is 5.88. The van der Waals surface area contributed by atoms with E-state index in [2.05, 4.69) is 39.4 Å². The third-order valence-corrected chi connectivity index (χ3v) is 7.09. The van der Waals surface area contributed by atoms with Crippen LogP contribution in [0.3, 0.4) is 0 Å². The van der Waals surface area contributed by atoms with Crippen molar-refractivity contribution in [1.29, 1.82) is 0 Å². The Morgan fingerprint density at radius 3 is 2.41 bits per heavy atom. The summed E-state index contributed by atoms with van der Waals surface area (Å²) in [6, 6.07) is 8.24.